The number of Topliss-reactive ketones (excluding diaryl/α,β-unsaturated/α-hetero) is 2. The van der Waals surface area contributed by atoms with Crippen LogP contribution in [0.25, 0.3) is 0 Å². The van der Waals surface area contributed by atoms with Crippen LogP contribution in [0, 0.1) is 40.3 Å². The van der Waals surface area contributed by atoms with Gasteiger partial charge in [0.25, 0.3) is 0 Å². The van der Waals surface area contributed by atoms with Gasteiger partial charge in [-0.1, -0.05) is 59.7 Å². The molecule has 8 nitrogen and oxygen atoms in total. The molecule has 0 heterocycles. The van der Waals surface area contributed by atoms with E-state index in [1.54, 1.807) is 19.1 Å². The van der Waals surface area contributed by atoms with E-state index in [9.17, 15) is 39.2 Å². The molecule has 6 N–H and O–H groups in total. The van der Waals surface area contributed by atoms with Crippen LogP contribution in [0.1, 0.15) is 86.5 Å². The molecule has 0 saturated heterocycles. The molecule has 0 aliphatic heterocycles. The molecule has 1 amide bonds. The minimum atomic E-state index is -2.55. The van der Waals surface area contributed by atoms with Crippen molar-refractivity contribution in [3.63, 3.8) is 0 Å². The molecule has 0 spiro atoms. The third-order valence-electron chi connectivity index (χ3n) is 11.1. The number of hydrogen-bond acceptors (Lipinski definition) is 7. The number of aromatic hydroxyl groups is 1. The van der Waals surface area contributed by atoms with Gasteiger partial charge in [-0.25, -0.2) is 4.39 Å². The van der Waals surface area contributed by atoms with Crippen LogP contribution in [-0.4, -0.2) is 55.7 Å². The number of rotatable bonds is 6. The van der Waals surface area contributed by atoms with Gasteiger partial charge in [-0.15, -0.1) is 0 Å². The van der Waals surface area contributed by atoms with Crippen LogP contribution < -0.4 is 5.73 Å². The molecule has 0 bridgehead atoms. The number of amides is 1. The van der Waals surface area contributed by atoms with E-state index in [0.717, 1.165) is 11.1 Å². The Morgan fingerprint density at radius 1 is 1.07 bits per heavy atom. The van der Waals surface area contributed by atoms with Crippen LogP contribution >= 0.6 is 0 Å². The lowest BCUT2D eigenvalue weighted by Gasteiger charge is -2.66. The van der Waals surface area contributed by atoms with Gasteiger partial charge < -0.3 is 26.2 Å². The van der Waals surface area contributed by atoms with Crippen LogP contribution in [0.15, 0.2) is 30.3 Å². The van der Waals surface area contributed by atoms with Crippen molar-refractivity contribution in [2.45, 2.75) is 91.0 Å². The largest absolute Gasteiger partial charge is 0.507 e. The molecule has 2 fully saturated rings. The molecule has 2 aromatic rings. The first-order valence-electron chi connectivity index (χ1n) is 15.5. The normalized spacial score (nSPS) is 35.0. The van der Waals surface area contributed by atoms with E-state index < -0.39 is 63.9 Å². The molecular formula is C35H44FNO7. The van der Waals surface area contributed by atoms with Crippen molar-refractivity contribution in [2.24, 2.45) is 40.2 Å². The summed E-state index contributed by atoms with van der Waals surface area (Å²) in [5, 5.41) is 47.2. The number of halogens is 1. The third-order valence-corrected chi connectivity index (χ3v) is 11.1. The Labute approximate surface area is 257 Å². The highest BCUT2D eigenvalue weighted by molar-refractivity contribution is 6.09. The Morgan fingerprint density at radius 3 is 2.23 bits per heavy atom. The van der Waals surface area contributed by atoms with Crippen LogP contribution in [0.5, 0.6) is 5.75 Å². The summed E-state index contributed by atoms with van der Waals surface area (Å²) in [5.41, 5.74) is 3.68. The lowest BCUT2D eigenvalue weighted by atomic mass is 9.39. The number of nitrogens with two attached hydrogens (primary N) is 1. The summed E-state index contributed by atoms with van der Waals surface area (Å²) < 4.78 is 13.4. The predicted molar refractivity (Wildman–Crippen MR) is 161 cm³/mol. The van der Waals surface area contributed by atoms with Gasteiger partial charge in [0.05, 0.1) is 17.6 Å². The van der Waals surface area contributed by atoms with Crippen molar-refractivity contribution in [3.8, 4) is 5.75 Å². The molecular weight excluding hydrogens is 565 g/mol. The fraction of sp³-hybridized carbons (Fsp3) is 0.571. The molecule has 9 heteroatoms. The Hall–Kier alpha value is -3.14. The zero-order valence-electron chi connectivity index (χ0n) is 26.2. The Bertz CT molecular complexity index is 1520. The van der Waals surface area contributed by atoms with Crippen LogP contribution in [0.3, 0.4) is 0 Å². The van der Waals surface area contributed by atoms with E-state index in [1.165, 1.54) is 12.1 Å². The van der Waals surface area contributed by atoms with Crippen molar-refractivity contribution >= 4 is 17.5 Å². The molecule has 44 heavy (non-hydrogen) atoms. The van der Waals surface area contributed by atoms with Gasteiger partial charge in [-0.3, -0.25) is 14.4 Å². The SMILES string of the molecule is CC(C)c1cc(CCc2ccc(F)cc2)c(O)c2c1C[C@]1(C)C[C@]3(C)[C@@H](C(C)C)C(O)[C@@H](C(N)=O)C(=O)[C@]3(O)C(O)[C@H]1C2=O. The van der Waals surface area contributed by atoms with Gasteiger partial charge >= 0.3 is 0 Å². The summed E-state index contributed by atoms with van der Waals surface area (Å²) in [6.07, 6.45) is -2.14. The maximum atomic E-state index is 14.5. The van der Waals surface area contributed by atoms with E-state index in [4.69, 9.17) is 5.73 Å². The number of aliphatic hydroxyl groups excluding tert-OH is 2. The monoisotopic (exact) mass is 609 g/mol. The molecule has 2 aromatic carbocycles. The lowest BCUT2D eigenvalue weighted by molar-refractivity contribution is -0.265. The van der Waals surface area contributed by atoms with Gasteiger partial charge in [-0.05, 0) is 83.2 Å². The molecule has 5 rings (SSSR count). The molecule has 3 aliphatic carbocycles. The zero-order chi connectivity index (χ0) is 32.7. The summed E-state index contributed by atoms with van der Waals surface area (Å²) in [7, 11) is 0. The predicted octanol–water partition coefficient (Wildman–Crippen LogP) is 3.62. The van der Waals surface area contributed by atoms with Crippen LogP contribution in [0.2, 0.25) is 0 Å². The first kappa shape index (κ1) is 32.3. The van der Waals surface area contributed by atoms with Crippen molar-refractivity contribution in [1.29, 1.82) is 0 Å². The summed E-state index contributed by atoms with van der Waals surface area (Å²) in [5.74, 6) is -7.44. The number of primary amides is 1. The smallest absolute Gasteiger partial charge is 0.230 e. The average molecular weight is 610 g/mol. The standard InChI is InChI=1S/C35H44FNO7/c1-16(2)21-13-19(10-7-18-8-11-20(36)12-9-18)27(38)23-22(21)14-33(5)15-34(6)25(17(3)4)29(40)24(32(37)43)30(41)35(34,44)31(42)26(33)28(23)39/h8-9,11-13,16-17,24-26,29,31,38,40,42,44H,7,10,14-15H2,1-6H3,(H2,37,43)/t24-,25+,26-,29?,31?,33-,34-,35+/m1/s1. The minimum absolute atomic E-state index is 0.0132. The highest BCUT2D eigenvalue weighted by Crippen LogP contribution is 2.66. The number of carbonyl (C=O) groups excluding carboxylic acids is 3. The van der Waals surface area contributed by atoms with Gasteiger partial charge in [0.15, 0.2) is 17.2 Å². The molecule has 0 radical (unpaired) electrons. The number of hydrogen-bond donors (Lipinski definition) is 5. The molecule has 238 valence electrons. The minimum Gasteiger partial charge on any atom is -0.507 e. The summed E-state index contributed by atoms with van der Waals surface area (Å²) in [6, 6.07) is 7.99. The van der Waals surface area contributed by atoms with Crippen molar-refractivity contribution in [2.75, 3.05) is 0 Å². The van der Waals surface area contributed by atoms with E-state index >= 15 is 0 Å². The van der Waals surface area contributed by atoms with Crippen molar-refractivity contribution < 1.29 is 39.2 Å². The lowest BCUT2D eigenvalue weighted by Crippen LogP contribution is -2.79. The quantitative estimate of drug-likeness (QED) is 0.313. The van der Waals surface area contributed by atoms with Gasteiger partial charge in [0.1, 0.15) is 23.6 Å². The van der Waals surface area contributed by atoms with E-state index in [2.05, 4.69) is 0 Å². The van der Waals surface area contributed by atoms with Crippen LogP contribution in [0.4, 0.5) is 4.39 Å². The van der Waals surface area contributed by atoms with E-state index in [1.807, 2.05) is 40.7 Å². The highest BCUT2D eigenvalue weighted by atomic mass is 19.1. The summed E-state index contributed by atoms with van der Waals surface area (Å²) in [4.78, 5) is 40.9. The zero-order valence-corrected chi connectivity index (χ0v) is 26.2. The van der Waals surface area contributed by atoms with Crippen molar-refractivity contribution in [3.05, 3.63) is 64.0 Å². The maximum Gasteiger partial charge on any atom is 0.230 e. The summed E-state index contributed by atoms with van der Waals surface area (Å²) in [6.45, 7) is 11.1. The second-order valence-electron chi connectivity index (χ2n) is 14.6. The number of carbonyl (C=O) groups is 3. The van der Waals surface area contributed by atoms with Gasteiger partial charge in [0.2, 0.25) is 5.91 Å². The maximum absolute atomic E-state index is 14.5. The molecule has 0 aromatic heterocycles. The Balaban J connectivity index is 1.65. The number of phenols is 1. The first-order chi connectivity index (χ1) is 20.4. The third kappa shape index (κ3) is 4.45. The van der Waals surface area contributed by atoms with Crippen molar-refractivity contribution in [1.82, 2.24) is 0 Å². The van der Waals surface area contributed by atoms with E-state index in [-0.39, 0.29) is 41.8 Å². The number of benzene rings is 2. The average Bonchev–Trinajstić information content (AvgIpc) is 2.90. The Kier molecular flexibility index (Phi) is 7.87. The number of fused-ring (bicyclic) bond motifs is 3. The summed E-state index contributed by atoms with van der Waals surface area (Å²) >= 11 is 0. The second kappa shape index (κ2) is 10.7. The highest BCUT2D eigenvalue weighted by Gasteiger charge is 2.76. The van der Waals surface area contributed by atoms with Crippen LogP contribution in [-0.2, 0) is 28.9 Å². The molecule has 8 atom stereocenters. The molecule has 2 unspecified atom stereocenters. The number of aryl methyl sites for hydroxylation is 2. The number of ketones is 2. The number of phenolic OH excluding ortho intramolecular Hbond substituents is 1. The molecule has 2 saturated carbocycles. The van der Waals surface area contributed by atoms with E-state index in [0.29, 0.717) is 24.0 Å². The number of aliphatic hydroxyl groups is 3. The van der Waals surface area contributed by atoms with Gasteiger partial charge in [0, 0.05) is 5.41 Å². The fourth-order valence-electron chi connectivity index (χ4n) is 9.32. The first-order valence-corrected chi connectivity index (χ1v) is 15.5. The van der Waals surface area contributed by atoms with Gasteiger partial charge in [-0.2, -0.15) is 0 Å². The topological polar surface area (TPSA) is 158 Å². The Morgan fingerprint density at radius 2 is 1.68 bits per heavy atom. The molecule has 3 aliphatic rings. The second-order valence-corrected chi connectivity index (χ2v) is 14.6. The fourth-order valence-corrected chi connectivity index (χ4v) is 9.32.